The number of nitrogens with zero attached hydrogens (tertiary/aromatic N) is 1. The Morgan fingerprint density at radius 2 is 2.00 bits per heavy atom. The molecule has 2 rings (SSSR count). The van der Waals surface area contributed by atoms with Gasteiger partial charge in [-0.15, -0.1) is 0 Å². The van der Waals surface area contributed by atoms with Crippen LogP contribution in [0.25, 0.3) is 0 Å². The zero-order valence-electron chi connectivity index (χ0n) is 11.1. The molecule has 1 aliphatic carbocycles. The minimum Gasteiger partial charge on any atom is -0.350 e. The van der Waals surface area contributed by atoms with Crippen molar-refractivity contribution in [2.24, 2.45) is 5.41 Å². The number of aryl methyl sites for hydroxylation is 1. The molecule has 1 aromatic heterocycles. The molecule has 4 nitrogen and oxygen atoms in total. The van der Waals surface area contributed by atoms with Gasteiger partial charge in [0, 0.05) is 36.7 Å². The van der Waals surface area contributed by atoms with E-state index in [1.54, 1.807) is 0 Å². The Kier molecular flexibility index (Phi) is 3.13. The number of aromatic nitrogens is 1. The van der Waals surface area contributed by atoms with Gasteiger partial charge in [0.1, 0.15) is 9.84 Å². The predicted octanol–water partition coefficient (Wildman–Crippen LogP) is 1.69. The number of hydrogen-bond donors (Lipinski definition) is 0. The van der Waals surface area contributed by atoms with Crippen LogP contribution < -0.4 is 0 Å². The van der Waals surface area contributed by atoms with Gasteiger partial charge in [-0.25, -0.2) is 8.42 Å². The van der Waals surface area contributed by atoms with Crippen LogP contribution in [-0.4, -0.2) is 30.8 Å². The van der Waals surface area contributed by atoms with Gasteiger partial charge >= 0.3 is 0 Å². The van der Waals surface area contributed by atoms with Crippen molar-refractivity contribution in [1.29, 1.82) is 0 Å². The summed E-state index contributed by atoms with van der Waals surface area (Å²) < 4.78 is 24.3. The highest BCUT2D eigenvalue weighted by molar-refractivity contribution is 7.90. The highest BCUT2D eigenvalue weighted by Crippen LogP contribution is 2.35. The van der Waals surface area contributed by atoms with Crippen molar-refractivity contribution in [1.82, 2.24) is 4.57 Å². The van der Waals surface area contributed by atoms with E-state index in [9.17, 15) is 13.2 Å². The SMILES string of the molecule is CC1(C)CC(=O)c2ccn(CCS(C)(=O)=O)c2C1. The molecule has 0 saturated heterocycles. The summed E-state index contributed by atoms with van der Waals surface area (Å²) in [6.45, 7) is 4.57. The fourth-order valence-electron chi connectivity index (χ4n) is 2.48. The van der Waals surface area contributed by atoms with Crippen LogP contribution in [0.15, 0.2) is 12.3 Å². The van der Waals surface area contributed by atoms with E-state index in [0.717, 1.165) is 17.7 Å². The Balaban J connectivity index is 2.28. The third-order valence-electron chi connectivity index (χ3n) is 3.37. The van der Waals surface area contributed by atoms with E-state index in [1.165, 1.54) is 6.26 Å². The zero-order chi connectivity index (χ0) is 13.6. The molecule has 5 heteroatoms. The third kappa shape index (κ3) is 2.83. The van der Waals surface area contributed by atoms with Gasteiger partial charge in [-0.3, -0.25) is 4.79 Å². The van der Waals surface area contributed by atoms with E-state index in [-0.39, 0.29) is 17.0 Å². The van der Waals surface area contributed by atoms with E-state index in [4.69, 9.17) is 0 Å². The van der Waals surface area contributed by atoms with E-state index in [2.05, 4.69) is 13.8 Å². The largest absolute Gasteiger partial charge is 0.350 e. The van der Waals surface area contributed by atoms with E-state index in [1.807, 2.05) is 16.8 Å². The van der Waals surface area contributed by atoms with Gasteiger partial charge in [-0.2, -0.15) is 0 Å². The zero-order valence-corrected chi connectivity index (χ0v) is 11.9. The Morgan fingerprint density at radius 1 is 1.33 bits per heavy atom. The highest BCUT2D eigenvalue weighted by atomic mass is 32.2. The number of fused-ring (bicyclic) bond motifs is 1. The molecular formula is C13H19NO3S. The first-order chi connectivity index (χ1) is 8.18. The molecule has 0 spiro atoms. The number of rotatable bonds is 3. The van der Waals surface area contributed by atoms with Crippen molar-refractivity contribution in [3.8, 4) is 0 Å². The number of carbonyl (C=O) groups is 1. The molecule has 0 radical (unpaired) electrons. The average molecular weight is 269 g/mol. The monoisotopic (exact) mass is 269 g/mol. The van der Waals surface area contributed by atoms with Crippen molar-refractivity contribution in [3.05, 3.63) is 23.5 Å². The van der Waals surface area contributed by atoms with E-state index < -0.39 is 9.84 Å². The first-order valence-corrected chi connectivity index (χ1v) is 8.13. The summed E-state index contributed by atoms with van der Waals surface area (Å²) in [6.07, 6.45) is 4.45. The minimum absolute atomic E-state index is 0.0364. The molecule has 0 atom stereocenters. The summed E-state index contributed by atoms with van der Waals surface area (Å²) in [7, 11) is -2.97. The summed E-state index contributed by atoms with van der Waals surface area (Å²) >= 11 is 0. The summed E-state index contributed by atoms with van der Waals surface area (Å²) in [4.78, 5) is 12.0. The summed E-state index contributed by atoms with van der Waals surface area (Å²) in [6, 6.07) is 1.81. The first kappa shape index (κ1) is 13.3. The van der Waals surface area contributed by atoms with Crippen molar-refractivity contribution < 1.29 is 13.2 Å². The minimum atomic E-state index is -2.97. The Morgan fingerprint density at radius 3 is 2.61 bits per heavy atom. The van der Waals surface area contributed by atoms with Crippen molar-refractivity contribution in [2.75, 3.05) is 12.0 Å². The maximum absolute atomic E-state index is 12.0. The Hall–Kier alpha value is -1.10. The second kappa shape index (κ2) is 4.23. The van der Waals surface area contributed by atoms with Gasteiger partial charge in [0.15, 0.2) is 5.78 Å². The fraction of sp³-hybridized carbons (Fsp3) is 0.615. The molecular weight excluding hydrogens is 250 g/mol. The second-order valence-corrected chi connectivity index (χ2v) is 8.20. The predicted molar refractivity (Wildman–Crippen MR) is 70.6 cm³/mol. The van der Waals surface area contributed by atoms with Crippen LogP contribution >= 0.6 is 0 Å². The molecule has 100 valence electrons. The molecule has 0 saturated carbocycles. The third-order valence-corrected chi connectivity index (χ3v) is 4.29. The molecule has 1 aliphatic rings. The van der Waals surface area contributed by atoms with Gasteiger partial charge < -0.3 is 4.57 Å². The fourth-order valence-corrected chi connectivity index (χ4v) is 3.00. The molecule has 1 heterocycles. The molecule has 0 aromatic carbocycles. The smallest absolute Gasteiger partial charge is 0.165 e. The van der Waals surface area contributed by atoms with Crippen molar-refractivity contribution in [3.63, 3.8) is 0 Å². The lowest BCUT2D eigenvalue weighted by Crippen LogP contribution is -2.28. The van der Waals surface area contributed by atoms with E-state index >= 15 is 0 Å². The average Bonchev–Trinajstić information content (AvgIpc) is 2.55. The maximum Gasteiger partial charge on any atom is 0.165 e. The quantitative estimate of drug-likeness (QED) is 0.839. The van der Waals surface area contributed by atoms with Crippen molar-refractivity contribution in [2.45, 2.75) is 33.2 Å². The van der Waals surface area contributed by atoms with Crippen LogP contribution in [0.4, 0.5) is 0 Å². The molecule has 0 unspecified atom stereocenters. The van der Waals surface area contributed by atoms with Crippen LogP contribution in [0.2, 0.25) is 0 Å². The normalized spacial score (nSPS) is 18.7. The molecule has 0 fully saturated rings. The van der Waals surface area contributed by atoms with E-state index in [0.29, 0.717) is 13.0 Å². The van der Waals surface area contributed by atoms with Crippen LogP contribution in [0, 0.1) is 5.41 Å². The lowest BCUT2D eigenvalue weighted by atomic mass is 9.76. The van der Waals surface area contributed by atoms with Crippen LogP contribution in [0.5, 0.6) is 0 Å². The number of ketones is 1. The molecule has 0 amide bonds. The maximum atomic E-state index is 12.0. The standard InChI is InChI=1S/C13H19NO3S/c1-13(2)8-11-10(12(15)9-13)4-5-14(11)6-7-18(3,16)17/h4-5H,6-9H2,1-3H3. The number of hydrogen-bond acceptors (Lipinski definition) is 3. The molecule has 1 aromatic rings. The second-order valence-electron chi connectivity index (χ2n) is 5.94. The number of sulfone groups is 1. The summed E-state index contributed by atoms with van der Waals surface area (Å²) in [5.41, 5.74) is 1.72. The van der Waals surface area contributed by atoms with Crippen LogP contribution in [0.1, 0.15) is 36.3 Å². The number of Topliss-reactive ketones (excluding diaryl/α,β-unsaturated/α-hetero) is 1. The van der Waals surface area contributed by atoms with Gasteiger partial charge in [-0.05, 0) is 17.9 Å². The lowest BCUT2D eigenvalue weighted by Gasteiger charge is -2.29. The number of carbonyl (C=O) groups excluding carboxylic acids is 1. The summed E-state index contributed by atoms with van der Waals surface area (Å²) in [5.74, 6) is 0.280. The summed E-state index contributed by atoms with van der Waals surface area (Å²) in [5, 5.41) is 0. The molecule has 18 heavy (non-hydrogen) atoms. The van der Waals surface area contributed by atoms with Crippen molar-refractivity contribution >= 4 is 15.6 Å². The van der Waals surface area contributed by atoms with Crippen LogP contribution in [-0.2, 0) is 22.8 Å². The van der Waals surface area contributed by atoms with Crippen LogP contribution in [0.3, 0.4) is 0 Å². The van der Waals surface area contributed by atoms with Gasteiger partial charge in [-0.1, -0.05) is 13.8 Å². The molecule has 0 aliphatic heterocycles. The Labute approximate surface area is 108 Å². The van der Waals surface area contributed by atoms with Gasteiger partial charge in [0.25, 0.3) is 0 Å². The topological polar surface area (TPSA) is 56.1 Å². The van der Waals surface area contributed by atoms with Gasteiger partial charge in [0.2, 0.25) is 0 Å². The lowest BCUT2D eigenvalue weighted by molar-refractivity contribution is 0.0910. The molecule has 0 N–H and O–H groups in total. The highest BCUT2D eigenvalue weighted by Gasteiger charge is 2.32. The Bertz CT molecular complexity index is 581. The molecule has 0 bridgehead atoms. The van der Waals surface area contributed by atoms with Gasteiger partial charge in [0.05, 0.1) is 5.75 Å². The first-order valence-electron chi connectivity index (χ1n) is 6.07.